The van der Waals surface area contributed by atoms with Gasteiger partial charge in [0.05, 0.1) is 0 Å². The number of benzene rings is 1. The molecule has 0 saturated carbocycles. The maximum absolute atomic E-state index is 11.8. The molecule has 1 atom stereocenters. The van der Waals surface area contributed by atoms with E-state index in [-0.39, 0.29) is 5.97 Å². The number of methoxy groups -OCH3 is 1. The Labute approximate surface area is 120 Å². The van der Waals surface area contributed by atoms with Crippen LogP contribution in [-0.4, -0.2) is 34.6 Å². The molecule has 0 fully saturated rings. The molecule has 1 heterocycles. The van der Waals surface area contributed by atoms with Crippen LogP contribution in [0.15, 0.2) is 41.6 Å². The summed E-state index contributed by atoms with van der Waals surface area (Å²) in [6.07, 6.45) is 1.69. The van der Waals surface area contributed by atoms with Gasteiger partial charge in [-0.25, -0.2) is 0 Å². The zero-order valence-corrected chi connectivity index (χ0v) is 13.0. The van der Waals surface area contributed by atoms with Crippen LogP contribution < -0.4 is 9.78 Å². The predicted octanol–water partition coefficient (Wildman–Crippen LogP) is 1.64. The van der Waals surface area contributed by atoms with Gasteiger partial charge >= 0.3 is 120 Å². The van der Waals surface area contributed by atoms with E-state index in [1.54, 1.807) is 0 Å². The number of allylic oxidation sites excluding steroid dienone is 1. The van der Waals surface area contributed by atoms with Gasteiger partial charge in [-0.3, -0.25) is 0 Å². The van der Waals surface area contributed by atoms with Gasteiger partial charge in [-0.2, -0.15) is 0 Å². The Balaban J connectivity index is 2.08. The molecule has 1 aliphatic heterocycles. The molecule has 3 nitrogen and oxygen atoms in total. The zero-order valence-electron chi connectivity index (χ0n) is 11.3. The zero-order chi connectivity index (χ0) is 13.7. The molecule has 0 aromatic heterocycles. The number of hydrogen-bond donors (Lipinski definition) is 1. The second-order valence-electron chi connectivity index (χ2n) is 4.44. The molecule has 19 heavy (non-hydrogen) atoms. The monoisotopic (exact) mass is 325 g/mol. The number of rotatable bonds is 4. The fourth-order valence-electron chi connectivity index (χ4n) is 2.21. The Morgan fingerprint density at radius 1 is 1.42 bits per heavy atom. The predicted molar refractivity (Wildman–Crippen MR) is 77.5 cm³/mol. The number of ether oxygens (including phenoxy) is 1. The first-order chi connectivity index (χ1) is 9.24. The van der Waals surface area contributed by atoms with Crippen LogP contribution in [0.25, 0.3) is 0 Å². The first-order valence-electron chi connectivity index (χ1n) is 6.50. The Hall–Kier alpha value is -1.25. The van der Waals surface area contributed by atoms with E-state index in [0.29, 0.717) is 19.8 Å². The van der Waals surface area contributed by atoms with Gasteiger partial charge in [0.25, 0.3) is 0 Å². The van der Waals surface area contributed by atoms with E-state index in [2.05, 4.69) is 36.5 Å². The maximum atomic E-state index is 11.8. The fraction of sp³-hybridized carbons (Fsp3) is 0.400. The van der Waals surface area contributed by atoms with Crippen LogP contribution in [0, 0.1) is 0 Å². The van der Waals surface area contributed by atoms with Crippen LogP contribution in [0.3, 0.4) is 0 Å². The average molecular weight is 324 g/mol. The van der Waals surface area contributed by atoms with E-state index in [1.165, 1.54) is 11.6 Å². The number of carbonyl (C=O) groups is 1. The molecule has 0 amide bonds. The van der Waals surface area contributed by atoms with E-state index in [1.807, 2.05) is 6.07 Å². The van der Waals surface area contributed by atoms with Crippen molar-refractivity contribution in [2.45, 2.75) is 24.6 Å². The van der Waals surface area contributed by atoms with Gasteiger partial charge in [-0.1, -0.05) is 0 Å². The summed E-state index contributed by atoms with van der Waals surface area (Å²) in [5, 5.41) is 3.40. The summed E-state index contributed by atoms with van der Waals surface area (Å²) in [6, 6.07) is 10.5. The summed E-state index contributed by atoms with van der Waals surface area (Å²) in [5.74, 6) is -0.182. The van der Waals surface area contributed by atoms with Crippen LogP contribution in [0.2, 0.25) is 4.82 Å². The van der Waals surface area contributed by atoms with Crippen molar-refractivity contribution in [2.24, 2.45) is 0 Å². The van der Waals surface area contributed by atoms with Crippen molar-refractivity contribution in [3.05, 3.63) is 41.6 Å². The van der Waals surface area contributed by atoms with Gasteiger partial charge in [0.15, 0.2) is 0 Å². The van der Waals surface area contributed by atoms with Crippen molar-refractivity contribution in [3.8, 4) is 0 Å². The van der Waals surface area contributed by atoms with Crippen molar-refractivity contribution in [1.29, 1.82) is 0 Å². The summed E-state index contributed by atoms with van der Waals surface area (Å²) in [5.41, 5.74) is 1.88. The van der Waals surface area contributed by atoms with Crippen molar-refractivity contribution < 1.29 is 9.53 Å². The van der Waals surface area contributed by atoms with Gasteiger partial charge in [0, 0.05) is 0 Å². The molecule has 102 valence electrons. The molecule has 0 spiro atoms. The Bertz CT molecular complexity index is 470. The van der Waals surface area contributed by atoms with Crippen LogP contribution in [0.4, 0.5) is 0 Å². The normalized spacial score (nSPS) is 18.9. The molecule has 0 radical (unpaired) electrons. The Morgan fingerprint density at radius 3 is 2.79 bits per heavy atom. The second-order valence-corrected chi connectivity index (χ2v) is 7.32. The van der Waals surface area contributed by atoms with Crippen molar-refractivity contribution in [1.82, 2.24) is 5.32 Å². The molecule has 1 N–H and O–H groups in total. The van der Waals surface area contributed by atoms with Crippen LogP contribution in [0.1, 0.15) is 19.8 Å². The quantitative estimate of drug-likeness (QED) is 0.676. The number of esters is 1. The van der Waals surface area contributed by atoms with Crippen LogP contribution in [-0.2, 0) is 9.53 Å². The molecule has 0 aliphatic carbocycles. The number of nitrogens with one attached hydrogen (secondary N) is 1. The summed E-state index contributed by atoms with van der Waals surface area (Å²) in [6.45, 7) is 3.02. The van der Waals surface area contributed by atoms with Gasteiger partial charge in [-0.15, -0.1) is 0 Å². The number of carbonyl (C=O) groups excluding carboxylic acids is 1. The van der Waals surface area contributed by atoms with Crippen molar-refractivity contribution in [2.75, 3.05) is 13.7 Å². The van der Waals surface area contributed by atoms with Crippen LogP contribution >= 0.6 is 0 Å². The van der Waals surface area contributed by atoms with E-state index in [9.17, 15) is 4.79 Å². The van der Waals surface area contributed by atoms with E-state index in [4.69, 9.17) is 4.74 Å². The van der Waals surface area contributed by atoms with Crippen molar-refractivity contribution >= 4 is 25.4 Å². The molecule has 1 aromatic rings. The van der Waals surface area contributed by atoms with Gasteiger partial charge < -0.3 is 0 Å². The number of hydrogen-bond acceptors (Lipinski definition) is 3. The molecule has 2 rings (SSSR count). The van der Waals surface area contributed by atoms with Crippen LogP contribution in [0.5, 0.6) is 0 Å². The van der Waals surface area contributed by atoms with Gasteiger partial charge in [0.1, 0.15) is 0 Å². The molecular formula is C15H19NO2Se. The van der Waals surface area contributed by atoms with E-state index in [0.717, 1.165) is 30.7 Å². The Kier molecular flexibility index (Phi) is 5.06. The molecular weight excluding hydrogens is 305 g/mol. The fourth-order valence-corrected chi connectivity index (χ4v) is 4.55. The molecule has 1 unspecified atom stereocenters. The van der Waals surface area contributed by atoms with E-state index >= 15 is 0 Å². The molecule has 0 saturated heterocycles. The minimum absolute atomic E-state index is 0.182. The van der Waals surface area contributed by atoms with Gasteiger partial charge in [-0.05, 0) is 0 Å². The first-order valence-corrected chi connectivity index (χ1v) is 8.35. The van der Waals surface area contributed by atoms with Crippen molar-refractivity contribution in [3.63, 3.8) is 0 Å². The summed E-state index contributed by atoms with van der Waals surface area (Å²) in [7, 11) is 1.45. The average Bonchev–Trinajstić information content (AvgIpc) is 2.47. The molecule has 4 heteroatoms. The van der Waals surface area contributed by atoms with E-state index < -0.39 is 0 Å². The summed E-state index contributed by atoms with van der Waals surface area (Å²) >= 11 is 0.382. The standard InChI is InChI=1S/C15H19NO2Se/c1-3-14-13(15(17)18-2)9-12(10-16-14)19-11-7-5-4-6-8-11/h4-8,12,16H,3,9-10H2,1-2H3. The topological polar surface area (TPSA) is 38.3 Å². The third kappa shape index (κ3) is 3.61. The Morgan fingerprint density at radius 2 is 2.16 bits per heavy atom. The minimum atomic E-state index is -0.182. The SMILES string of the molecule is CCC1=C(C(=O)OC)CC([Se]c2ccccc2)CN1. The van der Waals surface area contributed by atoms with Gasteiger partial charge in [0.2, 0.25) is 0 Å². The third-order valence-corrected chi connectivity index (χ3v) is 5.71. The molecule has 1 aliphatic rings. The molecule has 0 bridgehead atoms. The second kappa shape index (κ2) is 6.78. The summed E-state index contributed by atoms with van der Waals surface area (Å²) in [4.78, 5) is 12.3. The molecule has 1 aromatic carbocycles. The summed E-state index contributed by atoms with van der Waals surface area (Å²) < 4.78 is 6.27. The third-order valence-electron chi connectivity index (χ3n) is 3.17. The first kappa shape index (κ1) is 14.2.